The molecule has 3 N–H and O–H groups in total. The number of rotatable bonds is 3. The van der Waals surface area contributed by atoms with E-state index in [1.54, 1.807) is 4.72 Å². The van der Waals surface area contributed by atoms with Crippen LogP contribution in [0.2, 0.25) is 0 Å². The monoisotopic (exact) mass is 237 g/mol. The van der Waals surface area contributed by atoms with Crippen LogP contribution in [0.25, 0.3) is 0 Å². The molecule has 1 saturated heterocycles. The van der Waals surface area contributed by atoms with Crippen LogP contribution >= 0.6 is 0 Å². The fraction of sp³-hybridized carbons (Fsp3) is 0.857. The van der Waals surface area contributed by atoms with Crippen molar-refractivity contribution in [2.24, 2.45) is 0 Å². The van der Waals surface area contributed by atoms with Crippen LogP contribution in [-0.2, 0) is 14.9 Å². The van der Waals surface area contributed by atoms with Crippen LogP contribution in [0.1, 0.15) is 12.8 Å². The van der Waals surface area contributed by atoms with Gasteiger partial charge < -0.3 is 10.1 Å². The molecule has 1 heterocycles. The summed E-state index contributed by atoms with van der Waals surface area (Å²) in [5.74, 6) is 0. The Kier molecular flexibility index (Phi) is 4.30. The lowest BCUT2D eigenvalue weighted by Crippen LogP contribution is -2.50. The maximum Gasteiger partial charge on any atom is 0.421 e. The van der Waals surface area contributed by atoms with Crippen LogP contribution in [0.3, 0.4) is 0 Å². The summed E-state index contributed by atoms with van der Waals surface area (Å²) in [4.78, 5) is 10.7. The van der Waals surface area contributed by atoms with Gasteiger partial charge in [-0.1, -0.05) is 0 Å². The molecule has 1 amide bonds. The van der Waals surface area contributed by atoms with Crippen molar-refractivity contribution in [3.05, 3.63) is 0 Å². The first kappa shape index (κ1) is 12.2. The van der Waals surface area contributed by atoms with Gasteiger partial charge in [-0.2, -0.15) is 13.1 Å². The number of nitrogens with one attached hydrogen (secondary N) is 3. The van der Waals surface area contributed by atoms with E-state index < -0.39 is 16.3 Å². The van der Waals surface area contributed by atoms with Gasteiger partial charge in [0.15, 0.2) is 0 Å². The molecule has 1 atom stereocenters. The molecule has 0 unspecified atom stereocenters. The van der Waals surface area contributed by atoms with E-state index in [1.165, 1.54) is 0 Å². The van der Waals surface area contributed by atoms with Crippen molar-refractivity contribution in [2.45, 2.75) is 18.9 Å². The largest absolute Gasteiger partial charge is 0.452 e. The average Bonchev–Trinajstić information content (AvgIpc) is 2.17. The van der Waals surface area contributed by atoms with Crippen molar-refractivity contribution in [2.75, 3.05) is 20.2 Å². The average molecular weight is 237 g/mol. The van der Waals surface area contributed by atoms with Crippen LogP contribution < -0.4 is 14.8 Å². The summed E-state index contributed by atoms with van der Waals surface area (Å²) in [6.45, 7) is 1.46. The number of piperidine rings is 1. The molecule has 88 valence electrons. The Morgan fingerprint density at radius 2 is 2.27 bits per heavy atom. The highest BCUT2D eigenvalue weighted by molar-refractivity contribution is 7.88. The Bertz CT molecular complexity index is 310. The van der Waals surface area contributed by atoms with Crippen molar-refractivity contribution in [3.63, 3.8) is 0 Å². The molecule has 0 saturated carbocycles. The summed E-state index contributed by atoms with van der Waals surface area (Å²) in [6.07, 6.45) is 0.673. The topological polar surface area (TPSA) is 96.5 Å². The number of hydrogen-bond donors (Lipinski definition) is 3. The molecule has 15 heavy (non-hydrogen) atoms. The summed E-state index contributed by atoms with van der Waals surface area (Å²) in [7, 11) is -2.70. The van der Waals surface area contributed by atoms with Crippen LogP contribution in [0.5, 0.6) is 0 Å². The second-order valence-corrected chi connectivity index (χ2v) is 4.70. The predicted octanol–water partition coefficient (Wildman–Crippen LogP) is -1.07. The highest BCUT2D eigenvalue weighted by Gasteiger charge is 2.21. The third-order valence-electron chi connectivity index (χ3n) is 2.02. The lowest BCUT2D eigenvalue weighted by atomic mass is 10.1. The number of carbonyl (C=O) groups excluding carboxylic acids is 1. The predicted molar refractivity (Wildman–Crippen MR) is 53.5 cm³/mol. The molecule has 0 spiro atoms. The third kappa shape index (κ3) is 4.45. The Morgan fingerprint density at radius 1 is 1.53 bits per heavy atom. The SMILES string of the molecule is COC(=O)NS(=O)(=O)N[C@H]1CCCNC1. The Morgan fingerprint density at radius 3 is 2.80 bits per heavy atom. The minimum absolute atomic E-state index is 0.180. The first-order valence-corrected chi connectivity index (χ1v) is 6.10. The summed E-state index contributed by atoms with van der Waals surface area (Å²) < 4.78 is 30.9. The number of amides is 1. The molecule has 1 aliphatic rings. The maximum absolute atomic E-state index is 11.3. The van der Waals surface area contributed by atoms with Crippen molar-refractivity contribution in [3.8, 4) is 0 Å². The number of hydrogen-bond acceptors (Lipinski definition) is 5. The van der Waals surface area contributed by atoms with Gasteiger partial charge in [-0.05, 0) is 19.4 Å². The van der Waals surface area contributed by atoms with Gasteiger partial charge in [0.25, 0.3) is 0 Å². The van der Waals surface area contributed by atoms with E-state index in [2.05, 4.69) is 14.8 Å². The van der Waals surface area contributed by atoms with Crippen LogP contribution in [0.15, 0.2) is 0 Å². The molecule has 8 heteroatoms. The van der Waals surface area contributed by atoms with E-state index >= 15 is 0 Å². The number of ether oxygens (including phenoxy) is 1. The van der Waals surface area contributed by atoms with Crippen molar-refractivity contribution >= 4 is 16.3 Å². The second kappa shape index (κ2) is 5.29. The van der Waals surface area contributed by atoms with E-state index in [9.17, 15) is 13.2 Å². The van der Waals surface area contributed by atoms with Crippen molar-refractivity contribution in [1.82, 2.24) is 14.8 Å². The smallest absolute Gasteiger partial charge is 0.421 e. The zero-order chi connectivity index (χ0) is 11.3. The van der Waals surface area contributed by atoms with Gasteiger partial charge in [0.2, 0.25) is 0 Å². The van der Waals surface area contributed by atoms with E-state index in [4.69, 9.17) is 0 Å². The first-order chi connectivity index (χ1) is 7.03. The summed E-state index contributed by atoms with van der Waals surface area (Å²) in [6, 6.07) is -0.180. The Hall–Kier alpha value is -0.860. The van der Waals surface area contributed by atoms with Gasteiger partial charge in [0, 0.05) is 12.6 Å². The summed E-state index contributed by atoms with van der Waals surface area (Å²) in [5.41, 5.74) is 0. The normalized spacial score (nSPS) is 22.1. The first-order valence-electron chi connectivity index (χ1n) is 4.62. The van der Waals surface area contributed by atoms with Crippen LogP contribution in [0.4, 0.5) is 4.79 Å². The molecule has 1 fully saturated rings. The van der Waals surface area contributed by atoms with Crippen LogP contribution in [-0.4, -0.2) is 40.8 Å². The molecular weight excluding hydrogens is 222 g/mol. The van der Waals surface area contributed by atoms with Crippen molar-refractivity contribution < 1.29 is 17.9 Å². The lowest BCUT2D eigenvalue weighted by molar-refractivity contribution is 0.177. The highest BCUT2D eigenvalue weighted by Crippen LogP contribution is 2.01. The summed E-state index contributed by atoms with van der Waals surface area (Å²) in [5, 5.41) is 3.05. The van der Waals surface area contributed by atoms with E-state index in [-0.39, 0.29) is 6.04 Å². The Balaban J connectivity index is 2.44. The van der Waals surface area contributed by atoms with Gasteiger partial charge in [-0.15, -0.1) is 0 Å². The third-order valence-corrected chi connectivity index (χ3v) is 3.10. The van der Waals surface area contributed by atoms with Gasteiger partial charge in [0.1, 0.15) is 0 Å². The highest BCUT2D eigenvalue weighted by atomic mass is 32.2. The number of carbonyl (C=O) groups is 1. The van der Waals surface area contributed by atoms with Gasteiger partial charge in [-0.3, -0.25) is 0 Å². The molecule has 0 aliphatic carbocycles. The fourth-order valence-electron chi connectivity index (χ4n) is 1.35. The fourth-order valence-corrected chi connectivity index (χ4v) is 2.35. The van der Waals surface area contributed by atoms with E-state index in [1.807, 2.05) is 0 Å². The zero-order valence-electron chi connectivity index (χ0n) is 8.45. The molecular formula is C7H15N3O4S. The number of methoxy groups -OCH3 is 1. The molecule has 1 aliphatic heterocycles. The lowest BCUT2D eigenvalue weighted by Gasteiger charge is -2.23. The molecule has 0 aromatic carbocycles. The molecule has 0 aromatic rings. The minimum atomic E-state index is -3.81. The quantitative estimate of drug-likeness (QED) is 0.580. The molecule has 1 rings (SSSR count). The Labute approximate surface area is 88.7 Å². The van der Waals surface area contributed by atoms with Gasteiger partial charge in [-0.25, -0.2) is 9.52 Å². The second-order valence-electron chi connectivity index (χ2n) is 3.26. The van der Waals surface area contributed by atoms with Crippen LogP contribution in [0, 0.1) is 0 Å². The maximum atomic E-state index is 11.3. The van der Waals surface area contributed by atoms with E-state index in [0.717, 1.165) is 26.5 Å². The molecule has 0 bridgehead atoms. The van der Waals surface area contributed by atoms with Gasteiger partial charge in [0.05, 0.1) is 7.11 Å². The van der Waals surface area contributed by atoms with Gasteiger partial charge >= 0.3 is 16.3 Å². The van der Waals surface area contributed by atoms with Crippen molar-refractivity contribution in [1.29, 1.82) is 0 Å². The minimum Gasteiger partial charge on any atom is -0.452 e. The molecule has 0 aromatic heterocycles. The zero-order valence-corrected chi connectivity index (χ0v) is 9.26. The summed E-state index contributed by atoms with van der Waals surface area (Å²) >= 11 is 0. The van der Waals surface area contributed by atoms with E-state index in [0.29, 0.717) is 6.54 Å². The molecule has 0 radical (unpaired) electrons. The molecule has 7 nitrogen and oxygen atoms in total. The standard InChI is InChI=1S/C7H15N3O4S/c1-14-7(11)10-15(12,13)9-6-3-2-4-8-5-6/h6,8-9H,2-5H2,1H3,(H,10,11)/t6-/m0/s1.